The van der Waals surface area contributed by atoms with Gasteiger partial charge < -0.3 is 10.0 Å². The maximum Gasteiger partial charge on any atom is 0.306 e. The summed E-state index contributed by atoms with van der Waals surface area (Å²) in [6, 6.07) is 1.85. The van der Waals surface area contributed by atoms with Crippen molar-refractivity contribution >= 4 is 39.1 Å². The number of amides is 1. The number of carboxylic acid groups (broad SMARTS) is 1. The molecule has 0 unspecified atom stereocenters. The van der Waals surface area contributed by atoms with Gasteiger partial charge in [-0.05, 0) is 34.8 Å². The Morgan fingerprint density at radius 2 is 2.18 bits per heavy atom. The van der Waals surface area contributed by atoms with Gasteiger partial charge in [-0.15, -0.1) is 11.3 Å². The SMILES string of the molecule is CN(C(=O)c1csc(Br)c1)C1CC(C(=O)O)C1. The molecule has 1 aromatic rings. The number of thiophene rings is 1. The van der Waals surface area contributed by atoms with Crippen LogP contribution in [0, 0.1) is 5.92 Å². The zero-order chi connectivity index (χ0) is 12.6. The predicted octanol–water partition coefficient (Wildman–Crippen LogP) is 2.45. The Morgan fingerprint density at radius 1 is 1.53 bits per heavy atom. The monoisotopic (exact) mass is 317 g/mol. The van der Waals surface area contributed by atoms with Crippen molar-refractivity contribution in [1.29, 1.82) is 0 Å². The van der Waals surface area contributed by atoms with Gasteiger partial charge in [0.05, 0.1) is 15.3 Å². The van der Waals surface area contributed by atoms with E-state index in [1.165, 1.54) is 11.3 Å². The highest BCUT2D eigenvalue weighted by atomic mass is 79.9. The molecule has 1 fully saturated rings. The Morgan fingerprint density at radius 3 is 2.65 bits per heavy atom. The Kier molecular flexibility index (Phi) is 3.53. The Balaban J connectivity index is 1.95. The smallest absolute Gasteiger partial charge is 0.306 e. The Hall–Kier alpha value is -0.880. The maximum absolute atomic E-state index is 12.0. The van der Waals surface area contributed by atoms with Crippen molar-refractivity contribution in [3.63, 3.8) is 0 Å². The van der Waals surface area contributed by atoms with Crippen LogP contribution in [0.2, 0.25) is 0 Å². The summed E-state index contributed by atoms with van der Waals surface area (Å²) in [5.74, 6) is -1.09. The molecule has 1 N–H and O–H groups in total. The van der Waals surface area contributed by atoms with Crippen LogP contribution in [0.3, 0.4) is 0 Å². The summed E-state index contributed by atoms with van der Waals surface area (Å²) in [5.41, 5.74) is 0.656. The minimum atomic E-state index is -0.764. The average Bonchev–Trinajstić information content (AvgIpc) is 2.60. The lowest BCUT2D eigenvalue weighted by molar-refractivity contribution is -0.146. The van der Waals surface area contributed by atoms with Crippen molar-refractivity contribution in [3.8, 4) is 0 Å². The van der Waals surface area contributed by atoms with E-state index in [-0.39, 0.29) is 17.9 Å². The van der Waals surface area contributed by atoms with Gasteiger partial charge in [-0.1, -0.05) is 0 Å². The van der Waals surface area contributed by atoms with Gasteiger partial charge in [-0.3, -0.25) is 9.59 Å². The quantitative estimate of drug-likeness (QED) is 0.931. The topological polar surface area (TPSA) is 57.6 Å². The highest BCUT2D eigenvalue weighted by Gasteiger charge is 2.38. The van der Waals surface area contributed by atoms with Crippen molar-refractivity contribution in [2.45, 2.75) is 18.9 Å². The fourth-order valence-electron chi connectivity index (χ4n) is 1.90. The second-order valence-electron chi connectivity index (χ2n) is 4.22. The van der Waals surface area contributed by atoms with Gasteiger partial charge in [0.15, 0.2) is 0 Å². The Bertz CT molecular complexity index is 453. The molecule has 0 aromatic carbocycles. The number of carbonyl (C=O) groups is 2. The molecule has 0 aliphatic heterocycles. The summed E-state index contributed by atoms with van der Waals surface area (Å²) in [6.07, 6.45) is 1.12. The lowest BCUT2D eigenvalue weighted by Gasteiger charge is -2.38. The average molecular weight is 318 g/mol. The third-order valence-corrected chi connectivity index (χ3v) is 4.65. The Labute approximate surface area is 111 Å². The molecule has 0 atom stereocenters. The lowest BCUT2D eigenvalue weighted by atomic mass is 9.79. The second-order valence-corrected chi connectivity index (χ2v) is 6.51. The van der Waals surface area contributed by atoms with E-state index < -0.39 is 5.97 Å². The molecule has 0 radical (unpaired) electrons. The van der Waals surface area contributed by atoms with Crippen molar-refractivity contribution < 1.29 is 14.7 Å². The molecule has 0 spiro atoms. The third-order valence-electron chi connectivity index (χ3n) is 3.14. The minimum Gasteiger partial charge on any atom is -0.481 e. The summed E-state index contributed by atoms with van der Waals surface area (Å²) >= 11 is 4.78. The largest absolute Gasteiger partial charge is 0.481 e. The summed E-state index contributed by atoms with van der Waals surface area (Å²) in [5, 5.41) is 10.6. The molecule has 1 aromatic heterocycles. The van der Waals surface area contributed by atoms with E-state index in [0.29, 0.717) is 18.4 Å². The van der Waals surface area contributed by atoms with Crippen molar-refractivity contribution in [3.05, 3.63) is 20.8 Å². The van der Waals surface area contributed by atoms with Crippen LogP contribution in [0.5, 0.6) is 0 Å². The first-order valence-electron chi connectivity index (χ1n) is 5.23. The van der Waals surface area contributed by atoms with E-state index in [0.717, 1.165) is 3.79 Å². The van der Waals surface area contributed by atoms with Gasteiger partial charge in [0, 0.05) is 18.5 Å². The van der Waals surface area contributed by atoms with Crippen LogP contribution < -0.4 is 0 Å². The molecule has 0 saturated heterocycles. The number of carbonyl (C=O) groups excluding carboxylic acids is 1. The molecule has 1 amide bonds. The number of halogens is 1. The van der Waals surface area contributed by atoms with Gasteiger partial charge in [-0.2, -0.15) is 0 Å². The van der Waals surface area contributed by atoms with Crippen LogP contribution in [0.25, 0.3) is 0 Å². The molecule has 1 aliphatic rings. The van der Waals surface area contributed by atoms with Crippen LogP contribution in [0.15, 0.2) is 15.2 Å². The molecule has 92 valence electrons. The number of nitrogens with zero attached hydrogens (tertiary/aromatic N) is 1. The highest BCUT2D eigenvalue weighted by molar-refractivity contribution is 9.11. The number of rotatable bonds is 3. The first-order valence-corrected chi connectivity index (χ1v) is 6.90. The second kappa shape index (κ2) is 4.78. The predicted molar refractivity (Wildman–Crippen MR) is 68.3 cm³/mol. The number of carboxylic acids is 1. The van der Waals surface area contributed by atoms with Crippen molar-refractivity contribution in [2.24, 2.45) is 5.92 Å². The van der Waals surface area contributed by atoms with E-state index in [2.05, 4.69) is 15.9 Å². The highest BCUT2D eigenvalue weighted by Crippen LogP contribution is 2.32. The first kappa shape index (κ1) is 12.6. The molecule has 17 heavy (non-hydrogen) atoms. The normalized spacial score (nSPS) is 22.9. The van der Waals surface area contributed by atoms with E-state index in [9.17, 15) is 9.59 Å². The van der Waals surface area contributed by atoms with E-state index in [1.807, 2.05) is 0 Å². The van der Waals surface area contributed by atoms with E-state index >= 15 is 0 Å². The minimum absolute atomic E-state index is 0.0409. The molecule has 6 heteroatoms. The molecule has 2 rings (SSSR count). The van der Waals surface area contributed by atoms with Crippen LogP contribution in [0.4, 0.5) is 0 Å². The van der Waals surface area contributed by atoms with Gasteiger partial charge in [0.25, 0.3) is 5.91 Å². The van der Waals surface area contributed by atoms with Crippen LogP contribution in [0.1, 0.15) is 23.2 Å². The van der Waals surface area contributed by atoms with Crippen LogP contribution >= 0.6 is 27.3 Å². The molecular formula is C11H12BrNO3S. The summed E-state index contributed by atoms with van der Waals surface area (Å²) in [7, 11) is 1.73. The first-order chi connectivity index (χ1) is 7.99. The summed E-state index contributed by atoms with van der Waals surface area (Å²) < 4.78 is 0.922. The van der Waals surface area contributed by atoms with Gasteiger partial charge in [0.1, 0.15) is 0 Å². The third kappa shape index (κ3) is 2.52. The van der Waals surface area contributed by atoms with Gasteiger partial charge >= 0.3 is 5.97 Å². The molecule has 1 aliphatic carbocycles. The van der Waals surface area contributed by atoms with Gasteiger partial charge in [0.2, 0.25) is 0 Å². The zero-order valence-electron chi connectivity index (χ0n) is 9.22. The number of hydrogen-bond acceptors (Lipinski definition) is 3. The maximum atomic E-state index is 12.0. The summed E-state index contributed by atoms with van der Waals surface area (Å²) in [6.45, 7) is 0. The number of aliphatic carboxylic acids is 1. The lowest BCUT2D eigenvalue weighted by Crippen LogP contribution is -2.47. The molecular weight excluding hydrogens is 306 g/mol. The van der Waals surface area contributed by atoms with E-state index in [4.69, 9.17) is 5.11 Å². The molecule has 4 nitrogen and oxygen atoms in total. The fourth-order valence-corrected chi connectivity index (χ4v) is 3.03. The van der Waals surface area contributed by atoms with Crippen molar-refractivity contribution in [1.82, 2.24) is 4.90 Å². The van der Waals surface area contributed by atoms with Crippen LogP contribution in [-0.4, -0.2) is 35.0 Å². The molecule has 1 saturated carbocycles. The number of hydrogen-bond donors (Lipinski definition) is 1. The standard InChI is InChI=1S/C11H12BrNO3S/c1-13(8-2-6(3-8)11(15)16)10(14)7-4-9(12)17-5-7/h4-6,8H,2-3H2,1H3,(H,15,16). The zero-order valence-corrected chi connectivity index (χ0v) is 11.6. The van der Waals surface area contributed by atoms with E-state index in [1.54, 1.807) is 23.4 Å². The van der Waals surface area contributed by atoms with Gasteiger partial charge in [-0.25, -0.2) is 0 Å². The molecule has 1 heterocycles. The fraction of sp³-hybridized carbons (Fsp3) is 0.455. The molecule has 0 bridgehead atoms. The van der Waals surface area contributed by atoms with Crippen LogP contribution in [-0.2, 0) is 4.79 Å². The summed E-state index contributed by atoms with van der Waals surface area (Å²) in [4.78, 5) is 24.4. The van der Waals surface area contributed by atoms with Crippen molar-refractivity contribution in [2.75, 3.05) is 7.05 Å².